The molecule has 0 unspecified atom stereocenters. The zero-order chi connectivity index (χ0) is 9.42. The molecule has 1 aliphatic heterocycles. The minimum atomic E-state index is -0.119. The van der Waals surface area contributed by atoms with Crippen molar-refractivity contribution >= 4 is 51.2 Å². The average Bonchev–Trinajstić information content (AvgIpc) is 2.06. The Labute approximate surface area is 103 Å². The molecule has 2 rings (SSSR count). The lowest BCUT2D eigenvalue weighted by atomic mass is 10.1. The van der Waals surface area contributed by atoms with Gasteiger partial charge >= 0.3 is 5.97 Å². The van der Waals surface area contributed by atoms with Crippen molar-refractivity contribution in [2.45, 2.75) is 12.8 Å². The van der Waals surface area contributed by atoms with E-state index in [1.807, 2.05) is 6.07 Å². The zero-order valence-electron chi connectivity index (χ0n) is 6.64. The number of carbonyl (C=O) groups excluding carboxylic acids is 1. The fraction of sp³-hybridized carbons (Fsp3) is 0.222. The van der Waals surface area contributed by atoms with E-state index in [0.717, 1.165) is 21.3 Å². The van der Waals surface area contributed by atoms with Gasteiger partial charge in [0.25, 0.3) is 0 Å². The maximum absolute atomic E-state index is 11.0. The summed E-state index contributed by atoms with van der Waals surface area (Å²) in [5.74, 6) is 0.642. The third kappa shape index (κ3) is 1.98. The number of aryl methyl sites for hydroxylation is 1. The largest absolute Gasteiger partial charge is 0.425 e. The molecular weight excluding hydrogens is 394 g/mol. The Morgan fingerprint density at radius 1 is 1.23 bits per heavy atom. The number of esters is 1. The van der Waals surface area contributed by atoms with Gasteiger partial charge in [0.2, 0.25) is 0 Å². The number of halogens is 2. The molecule has 13 heavy (non-hydrogen) atoms. The van der Waals surface area contributed by atoms with Crippen LogP contribution in [0.5, 0.6) is 5.75 Å². The molecule has 0 saturated heterocycles. The summed E-state index contributed by atoms with van der Waals surface area (Å²) in [6.07, 6.45) is 1.31. The summed E-state index contributed by atoms with van der Waals surface area (Å²) in [4.78, 5) is 11.0. The smallest absolute Gasteiger partial charge is 0.311 e. The quantitative estimate of drug-likeness (QED) is 0.381. The highest BCUT2D eigenvalue weighted by Gasteiger charge is 2.19. The summed E-state index contributed by atoms with van der Waals surface area (Å²) in [5, 5.41) is 0. The van der Waals surface area contributed by atoms with Crippen LogP contribution in [-0.2, 0) is 11.2 Å². The van der Waals surface area contributed by atoms with Gasteiger partial charge in [-0.25, -0.2) is 0 Å². The van der Waals surface area contributed by atoms with Crippen LogP contribution < -0.4 is 4.74 Å². The number of ether oxygens (including phenoxy) is 1. The lowest BCUT2D eigenvalue weighted by Gasteiger charge is -2.16. The van der Waals surface area contributed by atoms with E-state index in [0.29, 0.717) is 6.42 Å². The SMILES string of the molecule is O=C1CCc2cc(I)cc(I)c2O1. The highest BCUT2D eigenvalue weighted by molar-refractivity contribution is 14.1. The second-order valence-corrected chi connectivity index (χ2v) is 5.26. The Hall–Kier alpha value is 0.150. The van der Waals surface area contributed by atoms with E-state index in [9.17, 15) is 4.79 Å². The van der Waals surface area contributed by atoms with Crippen molar-refractivity contribution in [1.29, 1.82) is 0 Å². The van der Waals surface area contributed by atoms with E-state index in [-0.39, 0.29) is 5.97 Å². The van der Waals surface area contributed by atoms with Gasteiger partial charge in [-0.05, 0) is 69.3 Å². The molecule has 1 aliphatic rings. The first-order valence-corrected chi connectivity index (χ1v) is 6.01. The minimum absolute atomic E-state index is 0.119. The Kier molecular flexibility index (Phi) is 2.77. The fourth-order valence-electron chi connectivity index (χ4n) is 1.32. The molecule has 0 bridgehead atoms. The molecule has 68 valence electrons. The van der Waals surface area contributed by atoms with Crippen molar-refractivity contribution in [3.8, 4) is 5.75 Å². The molecule has 1 aromatic carbocycles. The number of hydrogen-bond donors (Lipinski definition) is 0. The monoisotopic (exact) mass is 400 g/mol. The number of rotatable bonds is 0. The maximum Gasteiger partial charge on any atom is 0.311 e. The molecule has 0 aliphatic carbocycles. The van der Waals surface area contributed by atoms with Gasteiger partial charge in [-0.15, -0.1) is 0 Å². The highest BCUT2D eigenvalue weighted by atomic mass is 127. The van der Waals surface area contributed by atoms with Gasteiger partial charge in [0, 0.05) is 3.57 Å². The molecule has 0 atom stereocenters. The van der Waals surface area contributed by atoms with Crippen LogP contribution in [0.4, 0.5) is 0 Å². The molecule has 0 fully saturated rings. The van der Waals surface area contributed by atoms with Crippen LogP contribution in [0.2, 0.25) is 0 Å². The van der Waals surface area contributed by atoms with Gasteiger partial charge in [0.05, 0.1) is 9.99 Å². The van der Waals surface area contributed by atoms with Crippen LogP contribution >= 0.6 is 45.2 Å². The Morgan fingerprint density at radius 3 is 2.77 bits per heavy atom. The predicted octanol–water partition coefficient (Wildman–Crippen LogP) is 2.75. The van der Waals surface area contributed by atoms with Crippen molar-refractivity contribution in [1.82, 2.24) is 0 Å². The molecule has 1 aromatic rings. The summed E-state index contributed by atoms with van der Waals surface area (Å²) >= 11 is 4.47. The molecule has 0 spiro atoms. The average molecular weight is 400 g/mol. The maximum atomic E-state index is 11.0. The van der Waals surface area contributed by atoms with Crippen LogP contribution in [0, 0.1) is 7.14 Å². The molecule has 4 heteroatoms. The lowest BCUT2D eigenvalue weighted by molar-refractivity contribution is -0.135. The van der Waals surface area contributed by atoms with E-state index in [2.05, 4.69) is 51.2 Å². The highest BCUT2D eigenvalue weighted by Crippen LogP contribution is 2.32. The van der Waals surface area contributed by atoms with Crippen LogP contribution in [-0.4, -0.2) is 5.97 Å². The minimum Gasteiger partial charge on any atom is -0.425 e. The van der Waals surface area contributed by atoms with E-state index in [1.165, 1.54) is 3.57 Å². The molecule has 2 nitrogen and oxygen atoms in total. The summed E-state index contributed by atoms with van der Waals surface area (Å²) < 4.78 is 7.38. The van der Waals surface area contributed by atoms with E-state index >= 15 is 0 Å². The van der Waals surface area contributed by atoms with Gasteiger partial charge < -0.3 is 4.74 Å². The Bertz CT molecular complexity index is 374. The first-order valence-electron chi connectivity index (χ1n) is 3.85. The Balaban J connectivity index is 2.53. The summed E-state index contributed by atoms with van der Waals surface area (Å²) in [7, 11) is 0. The van der Waals surface area contributed by atoms with Crippen LogP contribution in [0.3, 0.4) is 0 Å². The third-order valence-electron chi connectivity index (χ3n) is 1.90. The first kappa shape index (κ1) is 9.70. The summed E-state index contributed by atoms with van der Waals surface area (Å²) in [5.41, 5.74) is 1.15. The normalized spacial score (nSPS) is 15.1. The second-order valence-electron chi connectivity index (χ2n) is 2.85. The molecule has 0 amide bonds. The molecule has 1 heterocycles. The van der Waals surface area contributed by atoms with Crippen molar-refractivity contribution in [2.24, 2.45) is 0 Å². The van der Waals surface area contributed by atoms with Gasteiger partial charge in [0.15, 0.2) is 0 Å². The molecular formula is C9H6I2O2. The van der Waals surface area contributed by atoms with Gasteiger partial charge in [-0.2, -0.15) is 0 Å². The van der Waals surface area contributed by atoms with Crippen molar-refractivity contribution < 1.29 is 9.53 Å². The molecule has 0 aromatic heterocycles. The molecule has 0 saturated carbocycles. The summed E-state index contributed by atoms with van der Waals surface area (Å²) in [6, 6.07) is 4.09. The third-order valence-corrected chi connectivity index (χ3v) is 3.32. The van der Waals surface area contributed by atoms with Crippen LogP contribution in [0.1, 0.15) is 12.0 Å². The molecule has 0 N–H and O–H groups in total. The zero-order valence-corrected chi connectivity index (χ0v) is 11.0. The van der Waals surface area contributed by atoms with Gasteiger partial charge in [0.1, 0.15) is 5.75 Å². The van der Waals surface area contributed by atoms with Crippen molar-refractivity contribution in [3.05, 3.63) is 24.8 Å². The van der Waals surface area contributed by atoms with Crippen molar-refractivity contribution in [2.75, 3.05) is 0 Å². The number of fused-ring (bicyclic) bond motifs is 1. The van der Waals surface area contributed by atoms with E-state index in [1.54, 1.807) is 0 Å². The first-order chi connectivity index (χ1) is 6.16. The predicted molar refractivity (Wildman–Crippen MR) is 65.8 cm³/mol. The molecule has 0 radical (unpaired) electrons. The number of hydrogen-bond acceptors (Lipinski definition) is 2. The lowest BCUT2D eigenvalue weighted by Crippen LogP contribution is -2.16. The number of carbonyl (C=O) groups is 1. The standard InChI is InChI=1S/C9H6I2O2/c10-6-3-5-1-2-8(12)13-9(5)7(11)4-6/h3-4H,1-2H2. The topological polar surface area (TPSA) is 26.3 Å². The summed E-state index contributed by atoms with van der Waals surface area (Å²) in [6.45, 7) is 0. The van der Waals surface area contributed by atoms with Crippen molar-refractivity contribution in [3.63, 3.8) is 0 Å². The van der Waals surface area contributed by atoms with E-state index < -0.39 is 0 Å². The van der Waals surface area contributed by atoms with E-state index in [4.69, 9.17) is 4.74 Å². The van der Waals surface area contributed by atoms with Gasteiger partial charge in [-0.1, -0.05) is 0 Å². The van der Waals surface area contributed by atoms with Gasteiger partial charge in [-0.3, -0.25) is 4.79 Å². The Morgan fingerprint density at radius 2 is 2.00 bits per heavy atom. The number of benzene rings is 1. The van der Waals surface area contributed by atoms with Crippen LogP contribution in [0.15, 0.2) is 12.1 Å². The second kappa shape index (κ2) is 3.72. The van der Waals surface area contributed by atoms with Crippen LogP contribution in [0.25, 0.3) is 0 Å². The fourth-order valence-corrected chi connectivity index (χ4v) is 3.39.